The van der Waals surface area contributed by atoms with E-state index in [1.807, 2.05) is 42.0 Å². The Bertz CT molecular complexity index is 1910. The quantitative estimate of drug-likeness (QED) is 0.280. The summed E-state index contributed by atoms with van der Waals surface area (Å²) in [5.74, 6) is -0.495. The lowest BCUT2D eigenvalue weighted by atomic mass is 10.1. The molecule has 0 spiro atoms. The summed E-state index contributed by atoms with van der Waals surface area (Å²) in [7, 11) is 5.00. The van der Waals surface area contributed by atoms with E-state index in [4.69, 9.17) is 0 Å². The van der Waals surface area contributed by atoms with Gasteiger partial charge in [0.25, 0.3) is 11.5 Å². The highest BCUT2D eigenvalue weighted by Gasteiger charge is 2.19. The predicted molar refractivity (Wildman–Crippen MR) is 166 cm³/mol. The standard InChI is InChI=1S/C33H33FN6O3/c1-20-18-39(29-13-12-25(34)16-27(20)29)26-11-6-8-22(14-26)19-40-30(23-9-7-10-24(15-23)32(42)38(4)5)36-17-28(33(40)43)37-31(41)21(2)35-3/h6-18,21,35H,19H2,1-5H3,(H,37,41). The third kappa shape index (κ3) is 5.96. The van der Waals surface area contributed by atoms with Crippen molar-refractivity contribution in [1.82, 2.24) is 24.3 Å². The number of hydrogen-bond donors (Lipinski definition) is 2. The van der Waals surface area contributed by atoms with Gasteiger partial charge in [0, 0.05) is 42.5 Å². The molecule has 0 bridgehead atoms. The SMILES string of the molecule is CNC(C)C(=O)Nc1cnc(-c2cccc(C(=O)N(C)C)c2)n(Cc2cccc(-n3cc(C)c4cc(F)ccc43)c2)c1=O. The summed E-state index contributed by atoms with van der Waals surface area (Å²) in [5, 5.41) is 6.36. The monoisotopic (exact) mass is 580 g/mol. The van der Waals surface area contributed by atoms with E-state index in [9.17, 15) is 18.8 Å². The summed E-state index contributed by atoms with van der Waals surface area (Å²) in [5.41, 5.74) is 4.09. The van der Waals surface area contributed by atoms with Gasteiger partial charge in [-0.15, -0.1) is 0 Å². The smallest absolute Gasteiger partial charge is 0.277 e. The van der Waals surface area contributed by atoms with Crippen molar-refractivity contribution in [3.8, 4) is 17.1 Å². The number of aryl methyl sites for hydroxylation is 1. The Kier molecular flexibility index (Phi) is 8.22. The van der Waals surface area contributed by atoms with E-state index < -0.39 is 11.6 Å². The number of anilines is 1. The van der Waals surface area contributed by atoms with Crippen LogP contribution in [0.4, 0.5) is 10.1 Å². The second-order valence-corrected chi connectivity index (χ2v) is 10.7. The van der Waals surface area contributed by atoms with E-state index in [0.717, 1.165) is 27.7 Å². The normalized spacial score (nSPS) is 11.9. The number of benzene rings is 3. The number of halogens is 1. The highest BCUT2D eigenvalue weighted by molar-refractivity contribution is 5.95. The van der Waals surface area contributed by atoms with Gasteiger partial charge in [-0.05, 0) is 74.5 Å². The highest BCUT2D eigenvalue weighted by atomic mass is 19.1. The molecule has 0 aliphatic heterocycles. The fourth-order valence-corrected chi connectivity index (χ4v) is 4.94. The number of rotatable bonds is 8. The number of nitrogens with zero attached hydrogens (tertiary/aromatic N) is 4. The van der Waals surface area contributed by atoms with Crippen molar-refractivity contribution >= 4 is 28.4 Å². The van der Waals surface area contributed by atoms with Gasteiger partial charge in [-0.3, -0.25) is 19.0 Å². The van der Waals surface area contributed by atoms with Crippen LogP contribution in [0.5, 0.6) is 0 Å². The predicted octanol–water partition coefficient (Wildman–Crippen LogP) is 4.60. The number of likely N-dealkylation sites (N-methyl/N-ethyl adjacent to an activating group) is 1. The Morgan fingerprint density at radius 1 is 1.05 bits per heavy atom. The number of hydrogen-bond acceptors (Lipinski definition) is 5. The van der Waals surface area contributed by atoms with Gasteiger partial charge >= 0.3 is 0 Å². The van der Waals surface area contributed by atoms with Gasteiger partial charge in [-0.1, -0.05) is 24.3 Å². The number of carbonyl (C=O) groups is 2. The molecule has 0 radical (unpaired) electrons. The van der Waals surface area contributed by atoms with Crippen molar-refractivity contribution in [2.24, 2.45) is 0 Å². The summed E-state index contributed by atoms with van der Waals surface area (Å²) in [6.45, 7) is 3.76. The van der Waals surface area contributed by atoms with E-state index in [2.05, 4.69) is 15.6 Å². The molecule has 2 aromatic heterocycles. The van der Waals surface area contributed by atoms with Crippen LogP contribution < -0.4 is 16.2 Å². The van der Waals surface area contributed by atoms with Crippen molar-refractivity contribution in [1.29, 1.82) is 0 Å². The van der Waals surface area contributed by atoms with Crippen molar-refractivity contribution < 1.29 is 14.0 Å². The van der Waals surface area contributed by atoms with Gasteiger partial charge in [-0.2, -0.15) is 0 Å². The van der Waals surface area contributed by atoms with Crippen LogP contribution in [0.25, 0.3) is 28.0 Å². The molecule has 0 saturated heterocycles. The minimum atomic E-state index is -0.522. The first kappa shape index (κ1) is 29.4. The van der Waals surface area contributed by atoms with Crippen LogP contribution in [0.2, 0.25) is 0 Å². The van der Waals surface area contributed by atoms with Crippen molar-refractivity contribution in [2.75, 3.05) is 26.5 Å². The first-order valence-electron chi connectivity index (χ1n) is 13.8. The Hall–Kier alpha value is -5.09. The molecule has 3 aromatic carbocycles. The average molecular weight is 581 g/mol. The first-order valence-corrected chi connectivity index (χ1v) is 13.8. The van der Waals surface area contributed by atoms with Crippen LogP contribution in [0.15, 0.2) is 83.9 Å². The maximum atomic E-state index is 13.9. The fourth-order valence-electron chi connectivity index (χ4n) is 4.94. The second kappa shape index (κ2) is 12.0. The van der Waals surface area contributed by atoms with Gasteiger partial charge in [0.05, 0.1) is 24.3 Å². The molecule has 1 atom stereocenters. The van der Waals surface area contributed by atoms with Crippen LogP contribution in [0.3, 0.4) is 0 Å². The highest BCUT2D eigenvalue weighted by Crippen LogP contribution is 2.26. The molecule has 1 unspecified atom stereocenters. The average Bonchev–Trinajstić information content (AvgIpc) is 3.33. The summed E-state index contributed by atoms with van der Waals surface area (Å²) in [6.07, 6.45) is 3.30. The summed E-state index contributed by atoms with van der Waals surface area (Å²) < 4.78 is 17.4. The molecular formula is C33H33FN6O3. The molecule has 0 fully saturated rings. The summed E-state index contributed by atoms with van der Waals surface area (Å²) >= 11 is 0. The van der Waals surface area contributed by atoms with Crippen LogP contribution in [-0.2, 0) is 11.3 Å². The van der Waals surface area contributed by atoms with Crippen molar-refractivity contribution in [3.05, 3.63) is 112 Å². The number of amides is 2. The molecular weight excluding hydrogens is 547 g/mol. The van der Waals surface area contributed by atoms with E-state index in [1.54, 1.807) is 58.4 Å². The lowest BCUT2D eigenvalue weighted by Crippen LogP contribution is -2.38. The van der Waals surface area contributed by atoms with E-state index >= 15 is 0 Å². The topological polar surface area (TPSA) is 101 Å². The maximum Gasteiger partial charge on any atom is 0.277 e. The fraction of sp³-hybridized carbons (Fsp3) is 0.212. The van der Waals surface area contributed by atoms with E-state index in [-0.39, 0.29) is 29.9 Å². The third-order valence-electron chi connectivity index (χ3n) is 7.40. The molecule has 2 amide bonds. The Morgan fingerprint density at radius 2 is 1.81 bits per heavy atom. The molecule has 0 saturated carbocycles. The van der Waals surface area contributed by atoms with Crippen LogP contribution in [0, 0.1) is 12.7 Å². The minimum Gasteiger partial charge on any atom is -0.345 e. The van der Waals surface area contributed by atoms with Crippen molar-refractivity contribution in [3.63, 3.8) is 0 Å². The molecule has 10 heteroatoms. The van der Waals surface area contributed by atoms with Crippen LogP contribution in [0.1, 0.15) is 28.4 Å². The summed E-state index contributed by atoms with van der Waals surface area (Å²) in [6, 6.07) is 18.8. The van der Waals surface area contributed by atoms with Crippen LogP contribution >= 0.6 is 0 Å². The number of nitrogens with one attached hydrogen (secondary N) is 2. The largest absolute Gasteiger partial charge is 0.345 e. The molecule has 220 valence electrons. The van der Waals surface area contributed by atoms with Gasteiger partial charge in [0.15, 0.2) is 0 Å². The zero-order chi connectivity index (χ0) is 30.8. The molecule has 43 heavy (non-hydrogen) atoms. The lowest BCUT2D eigenvalue weighted by Gasteiger charge is -2.17. The second-order valence-electron chi connectivity index (χ2n) is 10.7. The van der Waals surface area contributed by atoms with Gasteiger partial charge in [-0.25, -0.2) is 9.37 Å². The molecule has 9 nitrogen and oxygen atoms in total. The molecule has 2 N–H and O–H groups in total. The molecule has 5 rings (SSSR count). The Morgan fingerprint density at radius 3 is 2.56 bits per heavy atom. The van der Waals surface area contributed by atoms with Gasteiger partial charge < -0.3 is 20.1 Å². The van der Waals surface area contributed by atoms with E-state index in [1.165, 1.54) is 27.8 Å². The lowest BCUT2D eigenvalue weighted by molar-refractivity contribution is -0.117. The zero-order valence-corrected chi connectivity index (χ0v) is 24.7. The Labute approximate surface area is 248 Å². The minimum absolute atomic E-state index is 0.0431. The van der Waals surface area contributed by atoms with Crippen LogP contribution in [-0.4, -0.2) is 58.0 Å². The Balaban J connectivity index is 1.61. The van der Waals surface area contributed by atoms with Gasteiger partial charge in [0.2, 0.25) is 5.91 Å². The molecule has 2 heterocycles. The molecule has 0 aliphatic carbocycles. The molecule has 0 aliphatic rings. The molecule has 5 aromatic rings. The zero-order valence-electron chi connectivity index (χ0n) is 24.7. The third-order valence-corrected chi connectivity index (χ3v) is 7.40. The van der Waals surface area contributed by atoms with Crippen molar-refractivity contribution in [2.45, 2.75) is 26.4 Å². The number of aromatic nitrogens is 3. The summed E-state index contributed by atoms with van der Waals surface area (Å²) in [4.78, 5) is 45.2. The van der Waals surface area contributed by atoms with Gasteiger partial charge in [0.1, 0.15) is 17.3 Å². The maximum absolute atomic E-state index is 13.9. The number of carbonyl (C=O) groups excluding carboxylic acids is 2. The first-order chi connectivity index (χ1) is 20.6. The van der Waals surface area contributed by atoms with E-state index in [0.29, 0.717) is 17.0 Å². The number of fused-ring (bicyclic) bond motifs is 1.